The van der Waals surface area contributed by atoms with E-state index in [0.29, 0.717) is 50.5 Å². The van der Waals surface area contributed by atoms with Crippen LogP contribution in [0.15, 0.2) is 47.6 Å². The number of ketones is 3. The number of ether oxygens (including phenoxy) is 4. The molecule has 11 atom stereocenters. The van der Waals surface area contributed by atoms with E-state index in [1.54, 1.807) is 40.9 Å². The van der Waals surface area contributed by atoms with Crippen molar-refractivity contribution in [1.82, 2.24) is 4.90 Å². The molecule has 3 aliphatic heterocycles. The van der Waals surface area contributed by atoms with E-state index in [1.807, 2.05) is 51.2 Å². The van der Waals surface area contributed by atoms with Gasteiger partial charge in [0.15, 0.2) is 5.78 Å². The first-order chi connectivity index (χ1) is 26.0. The summed E-state index contributed by atoms with van der Waals surface area (Å²) < 4.78 is 23.1. The van der Waals surface area contributed by atoms with Crippen LogP contribution < -0.4 is 0 Å². The number of hydrogen-bond donors (Lipinski definition) is 2. The highest BCUT2D eigenvalue weighted by Gasteiger charge is 2.53. The fourth-order valence-corrected chi connectivity index (χ4v) is 7.73. The molecule has 12 heteroatoms. The van der Waals surface area contributed by atoms with Crippen LogP contribution >= 0.6 is 0 Å². The smallest absolute Gasteiger partial charge is 0.329 e. The van der Waals surface area contributed by atoms with Crippen molar-refractivity contribution in [2.24, 2.45) is 23.7 Å². The zero-order chi connectivity index (χ0) is 41.0. The maximum atomic E-state index is 13.9. The molecule has 0 spiro atoms. The molecule has 3 heterocycles. The number of esters is 1. The number of Topliss-reactive ketones (excluding diaryl/α,β-unsaturated/α-hetero) is 3. The number of carbonyl (C=O) groups is 5. The Balaban J connectivity index is 1.96. The number of carbonyl (C=O) groups excluding carboxylic acids is 5. The first-order valence-electron chi connectivity index (χ1n) is 19.9. The second kappa shape index (κ2) is 21.3. The van der Waals surface area contributed by atoms with Crippen molar-refractivity contribution in [3.8, 4) is 0 Å². The minimum absolute atomic E-state index is 0.0425. The fourth-order valence-electron chi connectivity index (χ4n) is 7.73. The van der Waals surface area contributed by atoms with Crippen LogP contribution in [0.5, 0.6) is 0 Å². The number of aliphatic hydroxyl groups excluding tert-OH is 1. The summed E-state index contributed by atoms with van der Waals surface area (Å²) in [6.45, 7) is 12.6. The van der Waals surface area contributed by atoms with Crippen LogP contribution in [0.2, 0.25) is 0 Å². The second-order valence-corrected chi connectivity index (χ2v) is 15.8. The molecule has 3 rings (SSSR count). The number of fused-ring (bicyclic) bond motifs is 3. The van der Waals surface area contributed by atoms with Crippen LogP contribution in [0, 0.1) is 23.7 Å². The van der Waals surface area contributed by atoms with Gasteiger partial charge in [-0.3, -0.25) is 19.2 Å². The SMILES string of the molecule is CC[C@@H]1CC(=O)[C@H](C)/C=C(\C)[C@@H](O)[C@@H](OC)C(=O)[C@H](C)C[C@H](C)/C=C/C=C/C=C(\C)[C@@H](OC)C[C@@H]2CC[C@@H](C)[C@@](O)(O2)C(=O)C(=O)N2CCCC[C@H]2C(=O)O1. The number of aliphatic hydroxyl groups is 2. The molecule has 2 N–H and O–H groups in total. The van der Waals surface area contributed by atoms with Gasteiger partial charge in [0.1, 0.15) is 30.1 Å². The Labute approximate surface area is 327 Å². The lowest BCUT2D eigenvalue weighted by Gasteiger charge is -2.42. The first kappa shape index (κ1) is 46.1. The first-order valence-corrected chi connectivity index (χ1v) is 19.9. The van der Waals surface area contributed by atoms with Gasteiger partial charge in [0.25, 0.3) is 11.7 Å². The van der Waals surface area contributed by atoms with E-state index in [9.17, 15) is 34.2 Å². The summed E-state index contributed by atoms with van der Waals surface area (Å²) in [5, 5.41) is 22.9. The molecule has 2 saturated heterocycles. The molecule has 308 valence electrons. The Kier molecular flexibility index (Phi) is 17.8. The Morgan fingerprint density at radius 3 is 2.27 bits per heavy atom. The Morgan fingerprint density at radius 1 is 0.909 bits per heavy atom. The summed E-state index contributed by atoms with van der Waals surface area (Å²) in [5.74, 6) is -7.44. The third kappa shape index (κ3) is 12.1. The van der Waals surface area contributed by atoms with E-state index in [2.05, 4.69) is 0 Å². The van der Waals surface area contributed by atoms with Crippen molar-refractivity contribution >= 4 is 29.2 Å². The van der Waals surface area contributed by atoms with E-state index in [4.69, 9.17) is 18.9 Å². The van der Waals surface area contributed by atoms with Gasteiger partial charge in [0.05, 0.1) is 12.2 Å². The molecule has 12 nitrogen and oxygen atoms in total. The molecule has 0 aromatic heterocycles. The predicted molar refractivity (Wildman–Crippen MR) is 208 cm³/mol. The lowest BCUT2D eigenvalue weighted by molar-refractivity contribution is -0.265. The monoisotopic (exact) mass is 771 g/mol. The van der Waals surface area contributed by atoms with Gasteiger partial charge in [-0.2, -0.15) is 0 Å². The number of nitrogens with zero attached hydrogens (tertiary/aromatic N) is 1. The number of methoxy groups -OCH3 is 2. The molecule has 0 aromatic rings. The number of cyclic esters (lactones) is 1. The topological polar surface area (TPSA) is 166 Å². The van der Waals surface area contributed by atoms with Crippen LogP contribution in [0.1, 0.15) is 106 Å². The highest BCUT2D eigenvalue weighted by atomic mass is 16.6. The van der Waals surface area contributed by atoms with Crippen molar-refractivity contribution in [2.75, 3.05) is 20.8 Å². The van der Waals surface area contributed by atoms with E-state index in [-0.39, 0.29) is 36.9 Å². The number of amides is 1. The van der Waals surface area contributed by atoms with Crippen molar-refractivity contribution in [3.63, 3.8) is 0 Å². The lowest BCUT2D eigenvalue weighted by atomic mass is 9.85. The van der Waals surface area contributed by atoms with Crippen molar-refractivity contribution in [2.45, 2.75) is 149 Å². The number of hydrogen-bond acceptors (Lipinski definition) is 11. The molecule has 0 aromatic carbocycles. The van der Waals surface area contributed by atoms with Gasteiger partial charge >= 0.3 is 5.97 Å². The zero-order valence-electron chi connectivity index (χ0n) is 34.3. The molecular formula is C43H65NO11. The highest BCUT2D eigenvalue weighted by molar-refractivity contribution is 6.39. The van der Waals surface area contributed by atoms with Crippen molar-refractivity contribution in [1.29, 1.82) is 0 Å². The average Bonchev–Trinajstić information content (AvgIpc) is 3.16. The van der Waals surface area contributed by atoms with Gasteiger partial charge in [-0.05, 0) is 75.9 Å². The third-order valence-corrected chi connectivity index (χ3v) is 11.5. The lowest BCUT2D eigenvalue weighted by Crippen LogP contribution is -2.60. The molecule has 2 fully saturated rings. The normalized spacial score (nSPS) is 39.3. The minimum Gasteiger partial charge on any atom is -0.460 e. The van der Waals surface area contributed by atoms with E-state index >= 15 is 0 Å². The number of allylic oxidation sites excluding steroid dienone is 6. The second-order valence-electron chi connectivity index (χ2n) is 15.8. The van der Waals surface area contributed by atoms with Crippen LogP contribution in [0.4, 0.5) is 0 Å². The predicted octanol–water partition coefficient (Wildman–Crippen LogP) is 5.39. The molecular weight excluding hydrogens is 706 g/mol. The average molecular weight is 772 g/mol. The van der Waals surface area contributed by atoms with Gasteiger partial charge in [-0.1, -0.05) is 71.1 Å². The summed E-state index contributed by atoms with van der Waals surface area (Å²) in [4.78, 5) is 69.4. The quantitative estimate of drug-likeness (QED) is 0.215. The molecule has 2 bridgehead atoms. The fraction of sp³-hybridized carbons (Fsp3) is 0.698. The number of piperidine rings is 1. The van der Waals surface area contributed by atoms with Crippen molar-refractivity contribution in [3.05, 3.63) is 47.6 Å². The zero-order valence-corrected chi connectivity index (χ0v) is 34.3. The summed E-state index contributed by atoms with van der Waals surface area (Å²) in [7, 11) is 2.95. The maximum Gasteiger partial charge on any atom is 0.329 e. The summed E-state index contributed by atoms with van der Waals surface area (Å²) >= 11 is 0. The molecule has 0 saturated carbocycles. The molecule has 1 amide bonds. The van der Waals surface area contributed by atoms with Gasteiger partial charge in [0.2, 0.25) is 5.79 Å². The summed E-state index contributed by atoms with van der Waals surface area (Å²) in [6, 6.07) is -1.07. The van der Waals surface area contributed by atoms with E-state index < -0.39 is 77.8 Å². The van der Waals surface area contributed by atoms with Crippen LogP contribution in [-0.4, -0.2) is 107 Å². The molecule has 3 aliphatic rings. The molecule has 0 aliphatic carbocycles. The number of rotatable bonds is 3. The maximum absolute atomic E-state index is 13.9. The van der Waals surface area contributed by atoms with Crippen LogP contribution in [-0.2, 0) is 42.9 Å². The Morgan fingerprint density at radius 2 is 1.62 bits per heavy atom. The van der Waals surface area contributed by atoms with E-state index in [1.165, 1.54) is 12.0 Å². The van der Waals surface area contributed by atoms with Gasteiger partial charge in [0, 0.05) is 51.4 Å². The largest absolute Gasteiger partial charge is 0.460 e. The molecule has 0 unspecified atom stereocenters. The van der Waals surface area contributed by atoms with Crippen LogP contribution in [0.3, 0.4) is 0 Å². The Bertz CT molecular complexity index is 1480. The standard InChI is InChI=1S/C43H65NO11/c1-10-32-24-35(45)28(4)23-30(6)38(47)39(53-9)37(46)29(5)22-26(2)16-12-11-13-17-27(3)36(52-8)25-33-20-19-31(7)43(51,55-33)40(48)41(49)44-21-15-14-18-34(44)42(50)54-32/h11-13,16-17,23,26,28-29,31-34,36,38-39,47,51H,10,14-15,18-22,24-25H2,1-9H3/b13-11+,16-12+,27-17+,30-23+/t26-,28-,29-,31-,32-,33+,34+,36+,38-,39+,43-/m1/s1. The minimum atomic E-state index is -2.39. The van der Waals surface area contributed by atoms with E-state index in [0.717, 1.165) is 5.57 Å². The van der Waals surface area contributed by atoms with Gasteiger partial charge in [-0.15, -0.1) is 0 Å². The Hall–Kier alpha value is -3.29. The van der Waals surface area contributed by atoms with Crippen LogP contribution in [0.25, 0.3) is 0 Å². The van der Waals surface area contributed by atoms with Gasteiger partial charge < -0.3 is 34.1 Å². The summed E-state index contributed by atoms with van der Waals surface area (Å²) in [5.41, 5.74) is 1.30. The third-order valence-electron chi connectivity index (χ3n) is 11.5. The van der Waals surface area contributed by atoms with Crippen molar-refractivity contribution < 1.29 is 53.1 Å². The summed E-state index contributed by atoms with van der Waals surface area (Å²) in [6.07, 6.45) is 10.5. The molecule has 0 radical (unpaired) electrons. The molecule has 55 heavy (non-hydrogen) atoms. The highest BCUT2D eigenvalue weighted by Crippen LogP contribution is 2.36. The van der Waals surface area contributed by atoms with Gasteiger partial charge in [-0.25, -0.2) is 4.79 Å².